The molecule has 1 aliphatic rings. The van der Waals surface area contributed by atoms with Crippen LogP contribution in [0.25, 0.3) is 10.4 Å². The molecule has 11 heteroatoms. The minimum Gasteiger partial charge on any atom is -0.394 e. The van der Waals surface area contributed by atoms with Gasteiger partial charge >= 0.3 is 5.69 Å². The number of aliphatic hydroxyl groups is 1. The molecule has 0 bridgehead atoms. The highest BCUT2D eigenvalue weighted by molar-refractivity contribution is 5.49. The second-order valence-electron chi connectivity index (χ2n) is 4.85. The van der Waals surface area contributed by atoms with Gasteiger partial charge in [0.15, 0.2) is 0 Å². The van der Waals surface area contributed by atoms with Crippen LogP contribution in [0.1, 0.15) is 18.2 Å². The maximum Gasteiger partial charge on any atom is 0.351 e. The van der Waals surface area contributed by atoms with E-state index in [9.17, 15) is 9.90 Å². The molecular formula is C13H17N7O4. The molecule has 0 amide bonds. The predicted octanol–water partition coefficient (Wildman–Crippen LogP) is -0.931. The second kappa shape index (κ2) is 8.30. The number of aromatic nitrogens is 2. The van der Waals surface area contributed by atoms with Crippen molar-refractivity contribution in [2.75, 3.05) is 25.6 Å². The van der Waals surface area contributed by atoms with Gasteiger partial charge in [-0.2, -0.15) is 4.98 Å². The summed E-state index contributed by atoms with van der Waals surface area (Å²) in [6, 6.07) is 0. The van der Waals surface area contributed by atoms with Crippen LogP contribution >= 0.6 is 0 Å². The van der Waals surface area contributed by atoms with Crippen molar-refractivity contribution in [1.82, 2.24) is 9.55 Å². The Morgan fingerprint density at radius 2 is 2.46 bits per heavy atom. The monoisotopic (exact) mass is 335 g/mol. The fraction of sp³-hybridized carbons (Fsp3) is 0.538. The van der Waals surface area contributed by atoms with Gasteiger partial charge in [0, 0.05) is 17.5 Å². The van der Waals surface area contributed by atoms with Crippen LogP contribution in [0.4, 0.5) is 5.82 Å². The number of aliphatic hydroxyl groups excluding tert-OH is 1. The van der Waals surface area contributed by atoms with Gasteiger partial charge < -0.3 is 26.0 Å². The van der Waals surface area contributed by atoms with E-state index in [2.05, 4.69) is 26.9 Å². The van der Waals surface area contributed by atoms with E-state index < -0.39 is 24.1 Å². The number of azide groups is 1. The summed E-state index contributed by atoms with van der Waals surface area (Å²) in [4.78, 5) is 18.4. The Bertz CT molecular complexity index is 747. The molecule has 1 aliphatic heterocycles. The molecule has 0 radical (unpaired) electrons. The molecule has 24 heavy (non-hydrogen) atoms. The third-order valence-electron chi connectivity index (χ3n) is 3.39. The molecule has 1 aromatic heterocycles. The predicted molar refractivity (Wildman–Crippen MR) is 83.3 cm³/mol. The van der Waals surface area contributed by atoms with Crippen LogP contribution in [-0.2, 0) is 9.47 Å². The minimum atomic E-state index is -0.711. The Hall–Kier alpha value is -2.61. The summed E-state index contributed by atoms with van der Waals surface area (Å²) in [5.41, 5.74) is 19.0. The van der Waals surface area contributed by atoms with Gasteiger partial charge in [0.25, 0.3) is 0 Å². The topological polar surface area (TPSA) is 174 Å². The summed E-state index contributed by atoms with van der Waals surface area (Å²) < 4.78 is 12.2. The third kappa shape index (κ3) is 4.02. The maximum absolute atomic E-state index is 12.1. The van der Waals surface area contributed by atoms with Gasteiger partial charge in [-0.1, -0.05) is 17.0 Å². The molecule has 0 saturated carbocycles. The van der Waals surface area contributed by atoms with E-state index in [0.29, 0.717) is 5.56 Å². The number of nitrogens with two attached hydrogens (primary N) is 2. The van der Waals surface area contributed by atoms with Gasteiger partial charge in [0.2, 0.25) is 0 Å². The van der Waals surface area contributed by atoms with Crippen molar-refractivity contribution in [2.45, 2.75) is 24.9 Å². The van der Waals surface area contributed by atoms with E-state index in [-0.39, 0.29) is 32.1 Å². The summed E-state index contributed by atoms with van der Waals surface area (Å²) in [5, 5.41) is 12.6. The normalized spacial score (nSPS) is 22.5. The molecule has 1 fully saturated rings. The van der Waals surface area contributed by atoms with Gasteiger partial charge in [-0.3, -0.25) is 4.57 Å². The molecule has 0 unspecified atom stereocenters. The number of nitrogens with zero attached hydrogens (tertiary/aromatic N) is 5. The molecule has 3 atom stereocenters. The molecule has 2 rings (SSSR count). The van der Waals surface area contributed by atoms with Crippen molar-refractivity contribution in [3.8, 4) is 11.8 Å². The SMILES string of the molecule is [N-]=[N+]=NCO[C@H]1C[C@H](n2cc(C#CCN)c(N)nc2=O)O[C@@H]1CO. The molecule has 0 spiro atoms. The fourth-order valence-corrected chi connectivity index (χ4v) is 2.30. The number of ether oxygens (including phenoxy) is 2. The summed E-state index contributed by atoms with van der Waals surface area (Å²) in [5.74, 6) is 5.37. The van der Waals surface area contributed by atoms with Crippen molar-refractivity contribution in [1.29, 1.82) is 0 Å². The standard InChI is InChI=1S/C13H17N7O4/c14-3-1-2-8-5-20(13(22)18-12(8)15)11-4-9(10(6-21)24-11)23-7-17-19-16/h5,9-11,21H,3-4,6-7,14H2,(H2,15,18,22)/t9-,10+,11+/m0/s1. The molecular weight excluding hydrogens is 318 g/mol. The van der Waals surface area contributed by atoms with Gasteiger partial charge in [-0.25, -0.2) is 4.79 Å². The zero-order chi connectivity index (χ0) is 17.5. The highest BCUT2D eigenvalue weighted by Crippen LogP contribution is 2.30. The first kappa shape index (κ1) is 17.7. The Labute approximate surface area is 136 Å². The highest BCUT2D eigenvalue weighted by atomic mass is 16.6. The molecule has 11 nitrogen and oxygen atoms in total. The lowest BCUT2D eigenvalue weighted by atomic mass is 10.2. The first-order valence-corrected chi connectivity index (χ1v) is 7.07. The molecule has 1 aromatic rings. The first-order chi connectivity index (χ1) is 11.6. The second-order valence-corrected chi connectivity index (χ2v) is 4.85. The summed E-state index contributed by atoms with van der Waals surface area (Å²) in [6.07, 6.45) is -0.207. The Balaban J connectivity index is 2.25. The van der Waals surface area contributed by atoms with Crippen molar-refractivity contribution in [3.63, 3.8) is 0 Å². The number of hydrogen-bond acceptors (Lipinski definition) is 8. The van der Waals surface area contributed by atoms with E-state index in [4.69, 9.17) is 26.5 Å². The van der Waals surface area contributed by atoms with Crippen molar-refractivity contribution in [3.05, 3.63) is 32.7 Å². The maximum atomic E-state index is 12.1. The molecule has 0 aromatic carbocycles. The van der Waals surface area contributed by atoms with Crippen LogP contribution in [0.15, 0.2) is 16.1 Å². The first-order valence-electron chi connectivity index (χ1n) is 7.07. The largest absolute Gasteiger partial charge is 0.394 e. The summed E-state index contributed by atoms with van der Waals surface area (Å²) in [6.45, 7) is -0.370. The van der Waals surface area contributed by atoms with Gasteiger partial charge in [-0.15, -0.1) is 0 Å². The van der Waals surface area contributed by atoms with Crippen molar-refractivity contribution in [2.24, 2.45) is 10.8 Å². The minimum absolute atomic E-state index is 0.00469. The van der Waals surface area contributed by atoms with E-state index in [1.54, 1.807) is 0 Å². The van der Waals surface area contributed by atoms with Crippen LogP contribution in [-0.4, -0.2) is 46.7 Å². The van der Waals surface area contributed by atoms with Crippen LogP contribution < -0.4 is 17.2 Å². The van der Waals surface area contributed by atoms with E-state index in [0.717, 1.165) is 0 Å². The van der Waals surface area contributed by atoms with Gasteiger partial charge in [0.1, 0.15) is 24.9 Å². The smallest absolute Gasteiger partial charge is 0.351 e. The lowest BCUT2D eigenvalue weighted by Crippen LogP contribution is -2.29. The average molecular weight is 335 g/mol. The van der Waals surface area contributed by atoms with E-state index in [1.165, 1.54) is 10.8 Å². The zero-order valence-corrected chi connectivity index (χ0v) is 12.7. The highest BCUT2D eigenvalue weighted by Gasteiger charge is 2.37. The lowest BCUT2D eigenvalue weighted by molar-refractivity contribution is -0.0612. The van der Waals surface area contributed by atoms with Crippen LogP contribution in [0.5, 0.6) is 0 Å². The average Bonchev–Trinajstić information content (AvgIpc) is 2.97. The number of nitrogen functional groups attached to an aromatic ring is 1. The molecule has 2 heterocycles. The number of anilines is 1. The number of hydrogen-bond donors (Lipinski definition) is 3. The quantitative estimate of drug-likeness (QED) is 0.269. The molecule has 128 valence electrons. The van der Waals surface area contributed by atoms with Gasteiger partial charge in [-0.05, 0) is 5.53 Å². The lowest BCUT2D eigenvalue weighted by Gasteiger charge is -2.15. The third-order valence-corrected chi connectivity index (χ3v) is 3.39. The van der Waals surface area contributed by atoms with E-state index >= 15 is 0 Å². The molecule has 1 saturated heterocycles. The molecule has 5 N–H and O–H groups in total. The molecule has 0 aliphatic carbocycles. The van der Waals surface area contributed by atoms with Crippen molar-refractivity contribution >= 4 is 5.82 Å². The van der Waals surface area contributed by atoms with Crippen molar-refractivity contribution < 1.29 is 14.6 Å². The Morgan fingerprint density at radius 1 is 1.67 bits per heavy atom. The van der Waals surface area contributed by atoms with Crippen LogP contribution in [0, 0.1) is 11.8 Å². The Kier molecular flexibility index (Phi) is 6.14. The number of rotatable bonds is 5. The Morgan fingerprint density at radius 3 is 3.12 bits per heavy atom. The summed E-state index contributed by atoms with van der Waals surface area (Å²) >= 11 is 0. The fourth-order valence-electron chi connectivity index (χ4n) is 2.30. The van der Waals surface area contributed by atoms with Crippen LogP contribution in [0.2, 0.25) is 0 Å². The van der Waals surface area contributed by atoms with Gasteiger partial charge in [0.05, 0.1) is 24.8 Å². The van der Waals surface area contributed by atoms with Crippen LogP contribution in [0.3, 0.4) is 0 Å². The zero-order valence-electron chi connectivity index (χ0n) is 12.7. The summed E-state index contributed by atoms with van der Waals surface area (Å²) in [7, 11) is 0. The van der Waals surface area contributed by atoms with E-state index in [1.807, 2.05) is 0 Å².